The summed E-state index contributed by atoms with van der Waals surface area (Å²) in [6.07, 6.45) is 3.21. The van der Waals surface area contributed by atoms with Crippen LogP contribution in [0.15, 0.2) is 42.6 Å². The minimum absolute atomic E-state index is 0.363. The van der Waals surface area contributed by atoms with Crippen LogP contribution in [-0.4, -0.2) is 11.0 Å². The summed E-state index contributed by atoms with van der Waals surface area (Å²) < 4.78 is 5.21. The van der Waals surface area contributed by atoms with Crippen molar-refractivity contribution >= 4 is 17.8 Å². The van der Waals surface area contributed by atoms with E-state index < -0.39 is 0 Å². The number of esters is 1. The van der Waals surface area contributed by atoms with Gasteiger partial charge in [0, 0.05) is 17.8 Å². The van der Waals surface area contributed by atoms with Crippen LogP contribution >= 0.6 is 0 Å². The van der Waals surface area contributed by atoms with Crippen molar-refractivity contribution in [3.8, 4) is 6.07 Å². The van der Waals surface area contributed by atoms with E-state index in [-0.39, 0.29) is 5.97 Å². The molecule has 0 saturated heterocycles. The van der Waals surface area contributed by atoms with E-state index in [1.54, 1.807) is 36.5 Å². The number of pyridine rings is 1. The molecule has 0 bridgehead atoms. The molecule has 0 unspecified atom stereocenters. The molecule has 0 spiro atoms. The second-order valence-corrected chi connectivity index (χ2v) is 4.02. The van der Waals surface area contributed by atoms with E-state index in [1.165, 1.54) is 0 Å². The smallest absolute Gasteiger partial charge is 0.344 e. The number of nitriles is 1. The van der Waals surface area contributed by atoms with E-state index >= 15 is 0 Å². The number of aromatic nitrogens is 1. The summed E-state index contributed by atoms with van der Waals surface area (Å²) in [7, 11) is 0. The number of cyclic esters (lactones) is 1. The molecule has 2 aromatic rings. The summed E-state index contributed by atoms with van der Waals surface area (Å²) >= 11 is 0. The average Bonchev–Trinajstić information content (AvgIpc) is 2.76. The molecule has 0 saturated carbocycles. The van der Waals surface area contributed by atoms with Crippen LogP contribution in [0.1, 0.15) is 27.2 Å². The molecule has 0 aliphatic carbocycles. The van der Waals surface area contributed by atoms with Crippen LogP contribution in [0.3, 0.4) is 0 Å². The van der Waals surface area contributed by atoms with Crippen molar-refractivity contribution < 1.29 is 9.53 Å². The van der Waals surface area contributed by atoms with Crippen molar-refractivity contribution in [1.82, 2.24) is 4.98 Å². The van der Waals surface area contributed by atoms with Crippen LogP contribution < -0.4 is 0 Å². The van der Waals surface area contributed by atoms with Crippen molar-refractivity contribution in [2.75, 3.05) is 0 Å². The summed E-state index contributed by atoms with van der Waals surface area (Å²) in [5.74, 6) is 0.0986. The van der Waals surface area contributed by atoms with Gasteiger partial charge in [0.15, 0.2) is 0 Å². The third-order valence-corrected chi connectivity index (χ3v) is 2.80. The van der Waals surface area contributed by atoms with E-state index in [9.17, 15) is 4.79 Å². The Morgan fingerprint density at radius 2 is 2.00 bits per heavy atom. The van der Waals surface area contributed by atoms with Crippen LogP contribution in [0.25, 0.3) is 11.8 Å². The van der Waals surface area contributed by atoms with Gasteiger partial charge in [-0.1, -0.05) is 18.2 Å². The highest BCUT2D eigenvalue weighted by Crippen LogP contribution is 2.30. The molecule has 0 fully saturated rings. The van der Waals surface area contributed by atoms with Gasteiger partial charge in [-0.25, -0.2) is 4.79 Å². The zero-order chi connectivity index (χ0) is 13.2. The third-order valence-electron chi connectivity index (χ3n) is 2.80. The van der Waals surface area contributed by atoms with Gasteiger partial charge >= 0.3 is 5.97 Å². The molecule has 90 valence electrons. The zero-order valence-corrected chi connectivity index (χ0v) is 9.83. The summed E-state index contributed by atoms with van der Waals surface area (Å²) in [5.41, 5.74) is 2.39. The van der Waals surface area contributed by atoms with Gasteiger partial charge in [0.2, 0.25) is 0 Å². The molecule has 0 radical (unpaired) electrons. The Morgan fingerprint density at radius 1 is 1.21 bits per heavy atom. The van der Waals surface area contributed by atoms with Gasteiger partial charge < -0.3 is 4.74 Å². The maximum atomic E-state index is 11.7. The van der Waals surface area contributed by atoms with Gasteiger partial charge in [-0.2, -0.15) is 5.26 Å². The molecule has 1 aliphatic heterocycles. The summed E-state index contributed by atoms with van der Waals surface area (Å²) in [5, 5.41) is 8.84. The first-order valence-electron chi connectivity index (χ1n) is 5.67. The lowest BCUT2D eigenvalue weighted by molar-refractivity contribution is 0.0717. The summed E-state index contributed by atoms with van der Waals surface area (Å²) in [6.45, 7) is 0. The van der Waals surface area contributed by atoms with E-state index in [0.29, 0.717) is 22.6 Å². The highest BCUT2D eigenvalue weighted by atomic mass is 16.5. The Bertz CT molecular complexity index is 742. The van der Waals surface area contributed by atoms with Gasteiger partial charge in [-0.3, -0.25) is 4.98 Å². The number of hydrogen-bond acceptors (Lipinski definition) is 4. The van der Waals surface area contributed by atoms with Crippen molar-refractivity contribution in [2.45, 2.75) is 0 Å². The predicted octanol–water partition coefficient (Wildman–Crippen LogP) is 2.62. The lowest BCUT2D eigenvalue weighted by atomic mass is 10.1. The lowest BCUT2D eigenvalue weighted by Crippen LogP contribution is -1.92. The Kier molecular flexibility index (Phi) is 2.58. The zero-order valence-electron chi connectivity index (χ0n) is 9.83. The minimum Gasteiger partial charge on any atom is -0.422 e. The maximum Gasteiger partial charge on any atom is 0.344 e. The molecule has 4 nitrogen and oxygen atoms in total. The third kappa shape index (κ3) is 1.98. The van der Waals surface area contributed by atoms with Gasteiger partial charge in [-0.15, -0.1) is 0 Å². The molecule has 3 rings (SSSR count). The second kappa shape index (κ2) is 4.39. The van der Waals surface area contributed by atoms with Gasteiger partial charge in [0.25, 0.3) is 0 Å². The fraction of sp³-hybridized carbons (Fsp3) is 0. The van der Waals surface area contributed by atoms with Crippen molar-refractivity contribution in [1.29, 1.82) is 5.26 Å². The number of fused-ring (bicyclic) bond motifs is 1. The Balaban J connectivity index is 2.06. The minimum atomic E-state index is -0.363. The number of nitrogens with zero attached hydrogens (tertiary/aromatic N) is 2. The van der Waals surface area contributed by atoms with E-state index in [2.05, 4.69) is 4.98 Å². The molecular formula is C15H8N2O2. The number of carbonyl (C=O) groups is 1. The molecule has 2 heterocycles. The molecular weight excluding hydrogens is 240 g/mol. The van der Waals surface area contributed by atoms with Crippen molar-refractivity contribution in [3.63, 3.8) is 0 Å². The van der Waals surface area contributed by atoms with Gasteiger partial charge in [0.1, 0.15) is 5.76 Å². The highest BCUT2D eigenvalue weighted by Gasteiger charge is 2.25. The van der Waals surface area contributed by atoms with Crippen LogP contribution in [-0.2, 0) is 4.74 Å². The molecule has 1 aromatic carbocycles. The lowest BCUT2D eigenvalue weighted by Gasteiger charge is -1.98. The predicted molar refractivity (Wildman–Crippen MR) is 68.7 cm³/mol. The van der Waals surface area contributed by atoms with E-state index in [1.807, 2.05) is 18.2 Å². The Hall–Kier alpha value is -2.93. The maximum absolute atomic E-state index is 11.7. The molecule has 1 aromatic heterocycles. The van der Waals surface area contributed by atoms with E-state index in [4.69, 9.17) is 10.00 Å². The van der Waals surface area contributed by atoms with Crippen molar-refractivity contribution in [3.05, 3.63) is 65.0 Å². The Morgan fingerprint density at radius 3 is 2.79 bits per heavy atom. The molecule has 19 heavy (non-hydrogen) atoms. The molecule has 1 aliphatic rings. The number of benzene rings is 1. The second-order valence-electron chi connectivity index (χ2n) is 4.02. The number of rotatable bonds is 1. The van der Waals surface area contributed by atoms with Gasteiger partial charge in [-0.05, 0) is 18.2 Å². The molecule has 0 atom stereocenters. The fourth-order valence-electron chi connectivity index (χ4n) is 1.92. The quantitative estimate of drug-likeness (QED) is 0.728. The number of carbonyl (C=O) groups excluding carboxylic acids is 1. The van der Waals surface area contributed by atoms with E-state index in [0.717, 1.165) is 5.56 Å². The molecule has 4 heteroatoms. The summed E-state index contributed by atoms with van der Waals surface area (Å²) in [6, 6.07) is 12.5. The number of ether oxygens (including phenoxy) is 1. The first-order valence-corrected chi connectivity index (χ1v) is 5.67. The van der Waals surface area contributed by atoms with Crippen LogP contribution in [0.5, 0.6) is 0 Å². The van der Waals surface area contributed by atoms with Crippen LogP contribution in [0.4, 0.5) is 0 Å². The summed E-state index contributed by atoms with van der Waals surface area (Å²) in [4.78, 5) is 15.8. The van der Waals surface area contributed by atoms with Crippen LogP contribution in [0.2, 0.25) is 0 Å². The topological polar surface area (TPSA) is 63.0 Å². The standard InChI is InChI=1S/C15H8N2O2/c16-9-10-5-6-17-11(7-10)8-14-12-3-1-2-4-13(12)15(18)19-14/h1-8H. The van der Waals surface area contributed by atoms with Crippen molar-refractivity contribution in [2.24, 2.45) is 0 Å². The number of hydrogen-bond donors (Lipinski definition) is 0. The average molecular weight is 248 g/mol. The molecule has 0 N–H and O–H groups in total. The first-order chi connectivity index (χ1) is 9.28. The largest absolute Gasteiger partial charge is 0.422 e. The first kappa shape index (κ1) is 11.2. The van der Waals surface area contributed by atoms with Crippen LogP contribution in [0, 0.1) is 11.3 Å². The SMILES string of the molecule is N#Cc1ccnc(C=C2OC(=O)c3ccccc32)c1. The molecule has 0 amide bonds. The fourth-order valence-corrected chi connectivity index (χ4v) is 1.92. The highest BCUT2D eigenvalue weighted by molar-refractivity contribution is 6.05. The monoisotopic (exact) mass is 248 g/mol. The Labute approximate surface area is 109 Å². The normalized spacial score (nSPS) is 14.9. The van der Waals surface area contributed by atoms with Gasteiger partial charge in [0.05, 0.1) is 22.9 Å².